The van der Waals surface area contributed by atoms with Crippen molar-refractivity contribution in [2.24, 2.45) is 0 Å². The van der Waals surface area contributed by atoms with Crippen LogP contribution in [-0.2, 0) is 4.79 Å². The van der Waals surface area contributed by atoms with E-state index in [1.807, 2.05) is 0 Å². The molecule has 0 aromatic heterocycles. The van der Waals surface area contributed by atoms with Gasteiger partial charge < -0.3 is 15.5 Å². The Kier molecular flexibility index (Phi) is 5.42. The minimum atomic E-state index is -1.35. The molecule has 0 bridgehead atoms. The topological polar surface area (TPSA) is 130 Å². The van der Waals surface area contributed by atoms with E-state index in [9.17, 15) is 19.7 Å². The van der Waals surface area contributed by atoms with Crippen LogP contribution in [0.3, 0.4) is 0 Å². The Balaban J connectivity index is 3.05. The molecule has 0 aliphatic heterocycles. The van der Waals surface area contributed by atoms with Gasteiger partial charge in [-0.1, -0.05) is 11.6 Å². The second-order valence-electron chi connectivity index (χ2n) is 3.80. The number of nitro benzene ring substituents is 1. The van der Waals surface area contributed by atoms with Gasteiger partial charge in [0.15, 0.2) is 0 Å². The van der Waals surface area contributed by atoms with Gasteiger partial charge in [0.25, 0.3) is 11.6 Å². The standard InChI is InChI=1S/C11H11ClN2O6/c12-6-1-2-9(14(19)20)7(5-6)10(16)13-8(3-4-15)11(17)18/h1-2,5,8,15H,3-4H2,(H,13,16)(H,17,18)/t8-/m0/s1. The maximum atomic E-state index is 11.9. The van der Waals surface area contributed by atoms with Crippen LogP contribution >= 0.6 is 11.6 Å². The van der Waals surface area contributed by atoms with Crippen LogP contribution in [0.25, 0.3) is 0 Å². The summed E-state index contributed by atoms with van der Waals surface area (Å²) in [6.07, 6.45) is -0.213. The molecule has 0 aliphatic rings. The highest BCUT2D eigenvalue weighted by Crippen LogP contribution is 2.22. The largest absolute Gasteiger partial charge is 0.480 e. The minimum absolute atomic E-state index is 0.106. The number of aliphatic carboxylic acids is 1. The quantitative estimate of drug-likeness (QED) is 0.526. The third kappa shape index (κ3) is 3.90. The maximum absolute atomic E-state index is 11.9. The van der Waals surface area contributed by atoms with E-state index in [1.165, 1.54) is 6.07 Å². The first-order valence-corrected chi connectivity index (χ1v) is 5.83. The molecule has 0 fully saturated rings. The molecule has 0 spiro atoms. The molecule has 0 heterocycles. The number of hydrogen-bond acceptors (Lipinski definition) is 5. The van der Waals surface area contributed by atoms with Gasteiger partial charge in [-0.15, -0.1) is 0 Å². The number of nitro groups is 1. The number of carboxylic acid groups (broad SMARTS) is 1. The molecule has 108 valence electrons. The second kappa shape index (κ2) is 6.83. The van der Waals surface area contributed by atoms with Crippen LogP contribution in [0.2, 0.25) is 5.02 Å². The van der Waals surface area contributed by atoms with Crippen LogP contribution in [0.5, 0.6) is 0 Å². The number of benzene rings is 1. The number of carboxylic acids is 1. The van der Waals surface area contributed by atoms with Gasteiger partial charge in [0, 0.05) is 24.1 Å². The van der Waals surface area contributed by atoms with Gasteiger partial charge in [-0.25, -0.2) is 4.79 Å². The summed E-state index contributed by atoms with van der Waals surface area (Å²) in [7, 11) is 0. The molecule has 0 saturated heterocycles. The molecule has 0 radical (unpaired) electrons. The van der Waals surface area contributed by atoms with Crippen molar-refractivity contribution in [2.45, 2.75) is 12.5 Å². The molecule has 0 aliphatic carbocycles. The summed E-state index contributed by atoms with van der Waals surface area (Å²) in [6.45, 7) is -0.450. The molecule has 1 amide bonds. The van der Waals surface area contributed by atoms with Gasteiger partial charge in [0.05, 0.1) is 4.92 Å². The highest BCUT2D eigenvalue weighted by Gasteiger charge is 2.25. The Morgan fingerprint density at radius 2 is 2.10 bits per heavy atom. The molecule has 1 rings (SSSR count). The molecule has 0 saturated carbocycles. The number of nitrogens with zero attached hydrogens (tertiary/aromatic N) is 1. The summed E-state index contributed by atoms with van der Waals surface area (Å²) in [5.41, 5.74) is -0.827. The van der Waals surface area contributed by atoms with Crippen LogP contribution < -0.4 is 5.32 Å². The number of hydrogen-bond donors (Lipinski definition) is 3. The van der Waals surface area contributed by atoms with Crippen molar-refractivity contribution in [2.75, 3.05) is 6.61 Å². The smallest absolute Gasteiger partial charge is 0.326 e. The highest BCUT2D eigenvalue weighted by atomic mass is 35.5. The lowest BCUT2D eigenvalue weighted by atomic mass is 10.1. The van der Waals surface area contributed by atoms with Crippen LogP contribution in [0.15, 0.2) is 18.2 Å². The number of halogens is 1. The van der Waals surface area contributed by atoms with E-state index in [4.69, 9.17) is 21.8 Å². The van der Waals surface area contributed by atoms with Crippen LogP contribution in [0, 0.1) is 10.1 Å². The molecule has 1 aromatic carbocycles. The van der Waals surface area contributed by atoms with E-state index < -0.39 is 35.1 Å². The van der Waals surface area contributed by atoms with Gasteiger partial charge in [0.1, 0.15) is 11.6 Å². The fourth-order valence-corrected chi connectivity index (χ4v) is 1.64. The predicted molar refractivity (Wildman–Crippen MR) is 68.7 cm³/mol. The van der Waals surface area contributed by atoms with Crippen molar-refractivity contribution < 1.29 is 24.7 Å². The Hall–Kier alpha value is -2.19. The van der Waals surface area contributed by atoms with Crippen molar-refractivity contribution in [3.8, 4) is 0 Å². The zero-order valence-corrected chi connectivity index (χ0v) is 10.8. The lowest BCUT2D eigenvalue weighted by Gasteiger charge is -2.13. The average molecular weight is 303 g/mol. The van der Waals surface area contributed by atoms with Crippen LogP contribution in [-0.4, -0.2) is 39.7 Å². The SMILES string of the molecule is O=C(N[C@@H](CCO)C(=O)O)c1cc(Cl)ccc1[N+](=O)[O-]. The van der Waals surface area contributed by atoms with Crippen molar-refractivity contribution >= 4 is 29.2 Å². The van der Waals surface area contributed by atoms with E-state index in [-0.39, 0.29) is 17.0 Å². The van der Waals surface area contributed by atoms with E-state index in [1.54, 1.807) is 0 Å². The van der Waals surface area contributed by atoms with E-state index in [0.29, 0.717) is 0 Å². The molecule has 1 atom stereocenters. The number of aliphatic hydroxyl groups is 1. The summed E-state index contributed by atoms with van der Waals surface area (Å²) in [4.78, 5) is 32.8. The number of amides is 1. The fraction of sp³-hybridized carbons (Fsp3) is 0.273. The zero-order chi connectivity index (χ0) is 15.3. The Morgan fingerprint density at radius 1 is 1.45 bits per heavy atom. The molecule has 0 unspecified atom stereocenters. The van der Waals surface area contributed by atoms with E-state index in [0.717, 1.165) is 12.1 Å². The van der Waals surface area contributed by atoms with Crippen LogP contribution in [0.1, 0.15) is 16.8 Å². The Bertz CT molecular complexity index is 548. The second-order valence-corrected chi connectivity index (χ2v) is 4.23. The molecule has 3 N–H and O–H groups in total. The fourth-order valence-electron chi connectivity index (χ4n) is 1.47. The van der Waals surface area contributed by atoms with Crippen molar-refractivity contribution in [3.05, 3.63) is 38.9 Å². The number of nitrogens with one attached hydrogen (secondary N) is 1. The third-order valence-corrected chi connectivity index (χ3v) is 2.66. The average Bonchev–Trinajstić information content (AvgIpc) is 2.37. The summed E-state index contributed by atoms with van der Waals surface area (Å²) < 4.78 is 0. The first-order valence-electron chi connectivity index (χ1n) is 5.45. The molecule has 1 aromatic rings. The maximum Gasteiger partial charge on any atom is 0.326 e. The van der Waals surface area contributed by atoms with Gasteiger partial charge in [-0.3, -0.25) is 14.9 Å². The molecule has 9 heteroatoms. The zero-order valence-electron chi connectivity index (χ0n) is 10.1. The lowest BCUT2D eigenvalue weighted by molar-refractivity contribution is -0.385. The summed E-state index contributed by atoms with van der Waals surface area (Å²) in [6, 6.07) is 2.04. The molecule has 8 nitrogen and oxygen atoms in total. The van der Waals surface area contributed by atoms with Crippen molar-refractivity contribution in [1.82, 2.24) is 5.32 Å². The monoisotopic (exact) mass is 302 g/mol. The molecule has 20 heavy (non-hydrogen) atoms. The number of aliphatic hydroxyl groups excluding tert-OH is 1. The van der Waals surface area contributed by atoms with E-state index in [2.05, 4.69) is 5.32 Å². The third-order valence-electron chi connectivity index (χ3n) is 2.42. The lowest BCUT2D eigenvalue weighted by Crippen LogP contribution is -2.41. The minimum Gasteiger partial charge on any atom is -0.480 e. The first-order chi connectivity index (χ1) is 9.36. The van der Waals surface area contributed by atoms with Gasteiger partial charge >= 0.3 is 5.97 Å². The van der Waals surface area contributed by atoms with Gasteiger partial charge in [0.2, 0.25) is 0 Å². The predicted octanol–water partition coefficient (Wildman–Crippen LogP) is 0.814. The van der Waals surface area contributed by atoms with Crippen molar-refractivity contribution in [3.63, 3.8) is 0 Å². The number of carbonyl (C=O) groups is 2. The molecular weight excluding hydrogens is 292 g/mol. The number of rotatable bonds is 6. The highest BCUT2D eigenvalue weighted by molar-refractivity contribution is 6.31. The normalized spacial score (nSPS) is 11.7. The number of carbonyl (C=O) groups excluding carboxylic acids is 1. The van der Waals surface area contributed by atoms with E-state index >= 15 is 0 Å². The summed E-state index contributed by atoms with van der Waals surface area (Å²) in [5, 5.41) is 30.6. The first kappa shape index (κ1) is 15.9. The Morgan fingerprint density at radius 3 is 2.60 bits per heavy atom. The Labute approximate surface area is 118 Å². The van der Waals surface area contributed by atoms with Gasteiger partial charge in [-0.05, 0) is 12.1 Å². The summed E-state index contributed by atoms with van der Waals surface area (Å²) in [5.74, 6) is -2.29. The van der Waals surface area contributed by atoms with Crippen molar-refractivity contribution in [1.29, 1.82) is 0 Å². The molecular formula is C11H11ClN2O6. The van der Waals surface area contributed by atoms with Crippen LogP contribution in [0.4, 0.5) is 5.69 Å². The van der Waals surface area contributed by atoms with Gasteiger partial charge in [-0.2, -0.15) is 0 Å². The summed E-state index contributed by atoms with van der Waals surface area (Å²) >= 11 is 5.67.